The predicted molar refractivity (Wildman–Crippen MR) is 65.9 cm³/mol. The van der Waals surface area contributed by atoms with Crippen LogP contribution in [0, 0.1) is 18.6 Å². The molecule has 5 heteroatoms. The van der Waals surface area contributed by atoms with Crippen molar-refractivity contribution >= 4 is 0 Å². The van der Waals surface area contributed by atoms with Crippen molar-refractivity contribution in [1.29, 1.82) is 0 Å². The van der Waals surface area contributed by atoms with Gasteiger partial charge in [0, 0.05) is 25.8 Å². The average Bonchev–Trinajstić information content (AvgIpc) is 2.31. The summed E-state index contributed by atoms with van der Waals surface area (Å²) in [6.07, 6.45) is 0. The van der Waals surface area contributed by atoms with Crippen molar-refractivity contribution in [3.63, 3.8) is 0 Å². The molecule has 0 aliphatic heterocycles. The number of aryl methyl sites for hydroxylation is 1. The molecule has 1 aromatic carbocycles. The minimum absolute atomic E-state index is 0.227. The highest BCUT2D eigenvalue weighted by Crippen LogP contribution is 2.21. The molecule has 18 heavy (non-hydrogen) atoms. The van der Waals surface area contributed by atoms with E-state index in [9.17, 15) is 8.78 Å². The van der Waals surface area contributed by atoms with Crippen LogP contribution in [-0.4, -0.2) is 32.9 Å². The van der Waals surface area contributed by atoms with Crippen molar-refractivity contribution < 1.29 is 18.3 Å². The van der Waals surface area contributed by atoms with Gasteiger partial charge in [-0.2, -0.15) is 0 Å². The molecule has 0 saturated carbocycles. The average molecular weight is 259 g/mol. The van der Waals surface area contributed by atoms with E-state index in [4.69, 9.17) is 9.47 Å². The van der Waals surface area contributed by atoms with Crippen molar-refractivity contribution in [2.24, 2.45) is 0 Å². The Bertz CT molecular complexity index is 385. The van der Waals surface area contributed by atoms with Crippen molar-refractivity contribution in [2.45, 2.75) is 19.9 Å². The van der Waals surface area contributed by atoms with Gasteiger partial charge in [0.05, 0.1) is 6.61 Å². The third-order valence-electron chi connectivity index (χ3n) is 2.49. The molecule has 1 atom stereocenters. The molecule has 3 nitrogen and oxygen atoms in total. The van der Waals surface area contributed by atoms with Crippen LogP contribution >= 0.6 is 0 Å². The van der Waals surface area contributed by atoms with Crippen LogP contribution in [0.15, 0.2) is 12.1 Å². The molecular weight excluding hydrogens is 240 g/mol. The van der Waals surface area contributed by atoms with Gasteiger partial charge in [-0.25, -0.2) is 8.78 Å². The molecule has 0 aromatic heterocycles. The van der Waals surface area contributed by atoms with Crippen LogP contribution in [0.5, 0.6) is 5.75 Å². The Kier molecular flexibility index (Phi) is 6.01. The fraction of sp³-hybridized carbons (Fsp3) is 0.538. The lowest BCUT2D eigenvalue weighted by molar-refractivity contribution is 0.169. The second kappa shape index (κ2) is 7.28. The van der Waals surface area contributed by atoms with Crippen LogP contribution in [0.2, 0.25) is 0 Å². The van der Waals surface area contributed by atoms with Gasteiger partial charge in [-0.3, -0.25) is 0 Å². The number of halogens is 2. The number of hydrogen-bond acceptors (Lipinski definition) is 3. The van der Waals surface area contributed by atoms with Crippen LogP contribution in [0.1, 0.15) is 12.5 Å². The molecular formula is C13H19F2NO2. The van der Waals surface area contributed by atoms with Crippen molar-refractivity contribution in [3.8, 4) is 5.75 Å². The lowest BCUT2D eigenvalue weighted by Gasteiger charge is -2.14. The van der Waals surface area contributed by atoms with E-state index < -0.39 is 11.6 Å². The standard InChI is InChI=1S/C13H19F2NO2/c1-9-6-11(14)12(15)7-13(9)18-5-4-16-10(2)8-17-3/h6-7,10,16H,4-5,8H2,1-3H3. The topological polar surface area (TPSA) is 30.5 Å². The molecule has 0 bridgehead atoms. The number of hydrogen-bond donors (Lipinski definition) is 1. The first kappa shape index (κ1) is 14.9. The summed E-state index contributed by atoms with van der Waals surface area (Å²) < 4.78 is 36.3. The fourth-order valence-electron chi connectivity index (χ4n) is 1.56. The second-order valence-electron chi connectivity index (χ2n) is 4.19. The van der Waals surface area contributed by atoms with E-state index in [2.05, 4.69) is 5.32 Å². The molecule has 0 amide bonds. The molecule has 0 aliphatic carbocycles. The van der Waals surface area contributed by atoms with E-state index >= 15 is 0 Å². The minimum atomic E-state index is -0.892. The molecule has 0 saturated heterocycles. The zero-order valence-electron chi connectivity index (χ0n) is 10.9. The highest BCUT2D eigenvalue weighted by atomic mass is 19.2. The monoisotopic (exact) mass is 259 g/mol. The molecule has 0 heterocycles. The van der Waals surface area contributed by atoms with Gasteiger partial charge >= 0.3 is 0 Å². The van der Waals surface area contributed by atoms with E-state index in [0.717, 1.165) is 12.1 Å². The van der Waals surface area contributed by atoms with Gasteiger partial charge in [0.2, 0.25) is 0 Å². The first-order valence-corrected chi connectivity index (χ1v) is 5.85. The third-order valence-corrected chi connectivity index (χ3v) is 2.49. The number of methoxy groups -OCH3 is 1. The summed E-state index contributed by atoms with van der Waals surface area (Å²) in [6.45, 7) is 5.29. The van der Waals surface area contributed by atoms with Gasteiger partial charge in [-0.1, -0.05) is 0 Å². The van der Waals surface area contributed by atoms with Gasteiger partial charge in [-0.15, -0.1) is 0 Å². The van der Waals surface area contributed by atoms with E-state index in [1.54, 1.807) is 14.0 Å². The molecule has 1 aromatic rings. The second-order valence-corrected chi connectivity index (χ2v) is 4.19. The van der Waals surface area contributed by atoms with Crippen LogP contribution < -0.4 is 10.1 Å². The summed E-state index contributed by atoms with van der Waals surface area (Å²) in [6, 6.07) is 2.43. The Morgan fingerprint density at radius 3 is 2.61 bits per heavy atom. The predicted octanol–water partition coefficient (Wildman–Crippen LogP) is 2.28. The maximum Gasteiger partial charge on any atom is 0.162 e. The van der Waals surface area contributed by atoms with Gasteiger partial charge in [-0.05, 0) is 25.5 Å². The lowest BCUT2D eigenvalue weighted by atomic mass is 10.2. The third kappa shape index (κ3) is 4.58. The molecule has 102 valence electrons. The minimum Gasteiger partial charge on any atom is -0.492 e. The van der Waals surface area contributed by atoms with Gasteiger partial charge in [0.25, 0.3) is 0 Å². The molecule has 1 N–H and O–H groups in total. The van der Waals surface area contributed by atoms with Crippen molar-refractivity contribution in [3.05, 3.63) is 29.3 Å². The van der Waals surface area contributed by atoms with E-state index in [1.165, 1.54) is 0 Å². The van der Waals surface area contributed by atoms with Crippen LogP contribution in [0.4, 0.5) is 8.78 Å². The zero-order valence-corrected chi connectivity index (χ0v) is 10.9. The molecule has 0 fully saturated rings. The summed E-state index contributed by atoms with van der Waals surface area (Å²) in [7, 11) is 1.64. The summed E-state index contributed by atoms with van der Waals surface area (Å²) in [5.41, 5.74) is 0.582. The smallest absolute Gasteiger partial charge is 0.162 e. The van der Waals surface area contributed by atoms with E-state index in [0.29, 0.717) is 31.1 Å². The Hall–Kier alpha value is -1.20. The molecule has 1 rings (SSSR count). The number of benzene rings is 1. The normalized spacial score (nSPS) is 12.5. The first-order chi connectivity index (χ1) is 8.54. The number of ether oxygens (including phenoxy) is 2. The van der Waals surface area contributed by atoms with Gasteiger partial charge in [0.1, 0.15) is 12.4 Å². The Morgan fingerprint density at radius 1 is 1.28 bits per heavy atom. The Labute approximate surface area is 106 Å². The SMILES string of the molecule is COCC(C)NCCOc1cc(F)c(F)cc1C. The summed E-state index contributed by atoms with van der Waals surface area (Å²) >= 11 is 0. The maximum atomic E-state index is 13.0. The molecule has 0 radical (unpaired) electrons. The fourth-order valence-corrected chi connectivity index (χ4v) is 1.56. The molecule has 0 spiro atoms. The Morgan fingerprint density at radius 2 is 1.94 bits per heavy atom. The van der Waals surface area contributed by atoms with Crippen LogP contribution in [0.3, 0.4) is 0 Å². The van der Waals surface area contributed by atoms with Crippen molar-refractivity contribution in [2.75, 3.05) is 26.9 Å². The van der Waals surface area contributed by atoms with E-state index in [1.807, 2.05) is 6.92 Å². The first-order valence-electron chi connectivity index (χ1n) is 5.85. The number of rotatable bonds is 7. The largest absolute Gasteiger partial charge is 0.492 e. The quantitative estimate of drug-likeness (QED) is 0.762. The highest BCUT2D eigenvalue weighted by molar-refractivity contribution is 5.33. The van der Waals surface area contributed by atoms with Crippen LogP contribution in [0.25, 0.3) is 0 Å². The highest BCUT2D eigenvalue weighted by Gasteiger charge is 2.08. The number of nitrogens with one attached hydrogen (secondary N) is 1. The summed E-state index contributed by atoms with van der Waals surface area (Å²) in [5, 5.41) is 3.18. The molecule has 0 aliphatic rings. The maximum absolute atomic E-state index is 13.0. The summed E-state index contributed by atoms with van der Waals surface area (Å²) in [5.74, 6) is -1.38. The van der Waals surface area contributed by atoms with Crippen molar-refractivity contribution in [1.82, 2.24) is 5.32 Å². The van der Waals surface area contributed by atoms with Gasteiger partial charge < -0.3 is 14.8 Å². The van der Waals surface area contributed by atoms with Gasteiger partial charge in [0.15, 0.2) is 11.6 Å². The lowest BCUT2D eigenvalue weighted by Crippen LogP contribution is -2.33. The Balaban J connectivity index is 2.38. The molecule has 1 unspecified atom stereocenters. The van der Waals surface area contributed by atoms with Crippen LogP contribution in [-0.2, 0) is 4.74 Å². The van der Waals surface area contributed by atoms with E-state index in [-0.39, 0.29) is 6.04 Å². The summed E-state index contributed by atoms with van der Waals surface area (Å²) in [4.78, 5) is 0. The zero-order chi connectivity index (χ0) is 13.5.